The van der Waals surface area contributed by atoms with Crippen LogP contribution in [0.4, 0.5) is 4.79 Å². The fourth-order valence-electron chi connectivity index (χ4n) is 2.46. The second kappa shape index (κ2) is 10.6. The first-order valence-corrected chi connectivity index (χ1v) is 9.15. The van der Waals surface area contributed by atoms with Crippen LogP contribution in [0.3, 0.4) is 0 Å². The summed E-state index contributed by atoms with van der Waals surface area (Å²) in [5.74, 6) is -1.58. The molecule has 0 radical (unpaired) electrons. The van der Waals surface area contributed by atoms with E-state index in [4.69, 9.17) is 4.74 Å². The predicted molar refractivity (Wildman–Crippen MR) is 105 cm³/mol. The van der Waals surface area contributed by atoms with Gasteiger partial charge in [0.15, 0.2) is 6.04 Å². The summed E-state index contributed by atoms with van der Waals surface area (Å²) in [6.07, 6.45) is 0.489. The monoisotopic (exact) mass is 428 g/mol. The highest BCUT2D eigenvalue weighted by atomic mass is 16.6. The molecule has 0 aromatic carbocycles. The molecular weight excluding hydrogens is 400 g/mol. The first-order chi connectivity index (χ1) is 13.9. The first kappa shape index (κ1) is 24.9. The van der Waals surface area contributed by atoms with Gasteiger partial charge in [-0.15, -0.1) is 0 Å². The number of H-pyrrole nitrogens is 1. The largest absolute Gasteiger partial charge is 0.467 e. The van der Waals surface area contributed by atoms with E-state index in [-0.39, 0.29) is 18.7 Å². The van der Waals surface area contributed by atoms with Crippen molar-refractivity contribution >= 4 is 18.0 Å². The second-order valence-corrected chi connectivity index (χ2v) is 7.44. The second-order valence-electron chi connectivity index (χ2n) is 7.44. The van der Waals surface area contributed by atoms with Gasteiger partial charge in [0.1, 0.15) is 12.1 Å². The highest BCUT2D eigenvalue weighted by Gasteiger charge is 2.30. The zero-order valence-corrected chi connectivity index (χ0v) is 17.7. The molecule has 12 heteroatoms. The Kier molecular flexibility index (Phi) is 8.77. The Morgan fingerprint density at radius 2 is 1.93 bits per heavy atom. The number of hydrogen-bond acceptors (Lipinski definition) is 8. The van der Waals surface area contributed by atoms with Crippen LogP contribution in [0.2, 0.25) is 0 Å². The lowest BCUT2D eigenvalue weighted by atomic mass is 10.2. The number of hydrogen-bond donors (Lipinski definition) is 3. The lowest BCUT2D eigenvalue weighted by Crippen LogP contribution is -2.52. The van der Waals surface area contributed by atoms with Gasteiger partial charge in [-0.2, -0.15) is 0 Å². The Bertz CT molecular complexity index is 883. The van der Waals surface area contributed by atoms with Crippen LogP contribution >= 0.6 is 0 Å². The van der Waals surface area contributed by atoms with E-state index in [1.54, 1.807) is 20.8 Å². The van der Waals surface area contributed by atoms with Crippen LogP contribution in [0.5, 0.6) is 0 Å². The van der Waals surface area contributed by atoms with E-state index < -0.39 is 54.0 Å². The van der Waals surface area contributed by atoms with Crippen LogP contribution in [0, 0.1) is 6.92 Å². The smallest absolute Gasteiger partial charge is 0.407 e. The Morgan fingerprint density at radius 1 is 1.30 bits per heavy atom. The van der Waals surface area contributed by atoms with E-state index in [1.807, 2.05) is 0 Å². The van der Waals surface area contributed by atoms with Crippen molar-refractivity contribution in [2.24, 2.45) is 0 Å². The number of rotatable bonds is 8. The lowest BCUT2D eigenvalue weighted by molar-refractivity contribution is -0.154. The van der Waals surface area contributed by atoms with Crippen molar-refractivity contribution in [1.29, 1.82) is 0 Å². The van der Waals surface area contributed by atoms with Crippen molar-refractivity contribution in [3.05, 3.63) is 32.6 Å². The molecule has 3 N–H and O–H groups in total. The summed E-state index contributed by atoms with van der Waals surface area (Å²) in [6.45, 7) is 5.03. The third-order valence-electron chi connectivity index (χ3n) is 3.86. The van der Waals surface area contributed by atoms with Crippen LogP contribution < -0.4 is 16.6 Å². The van der Waals surface area contributed by atoms with Gasteiger partial charge in [0.05, 0.1) is 13.7 Å². The summed E-state index contributed by atoms with van der Waals surface area (Å²) in [7, 11) is 1.10. The Labute approximate surface area is 172 Å². The van der Waals surface area contributed by atoms with Gasteiger partial charge in [0.25, 0.3) is 5.56 Å². The number of nitrogens with zero attached hydrogens (tertiary/aromatic N) is 2. The number of carbonyl (C=O) groups excluding carboxylic acids is 3. The summed E-state index contributed by atoms with van der Waals surface area (Å²) in [5.41, 5.74) is -1.89. The van der Waals surface area contributed by atoms with Crippen LogP contribution in [0.15, 0.2) is 15.8 Å². The molecule has 0 aliphatic rings. The fourth-order valence-corrected chi connectivity index (χ4v) is 2.46. The highest BCUT2D eigenvalue weighted by Crippen LogP contribution is 2.07. The molecule has 0 unspecified atom stereocenters. The molecule has 30 heavy (non-hydrogen) atoms. The minimum Gasteiger partial charge on any atom is -0.467 e. The molecule has 0 saturated carbocycles. The number of aromatic nitrogens is 2. The molecule has 1 aromatic rings. The fraction of sp³-hybridized carbons (Fsp3) is 0.611. The van der Waals surface area contributed by atoms with Crippen molar-refractivity contribution in [1.82, 2.24) is 19.8 Å². The molecule has 12 nitrogen and oxygen atoms in total. The van der Waals surface area contributed by atoms with Gasteiger partial charge in [0, 0.05) is 24.8 Å². The van der Waals surface area contributed by atoms with Crippen LogP contribution in [0.25, 0.3) is 0 Å². The maximum absolute atomic E-state index is 12.8. The van der Waals surface area contributed by atoms with Crippen LogP contribution in [-0.2, 0) is 25.6 Å². The molecule has 0 aliphatic carbocycles. The van der Waals surface area contributed by atoms with Gasteiger partial charge in [-0.25, -0.2) is 14.4 Å². The molecule has 1 heterocycles. The zero-order chi connectivity index (χ0) is 23.1. The summed E-state index contributed by atoms with van der Waals surface area (Å²) >= 11 is 0. The average Bonchev–Trinajstić information content (AvgIpc) is 2.63. The number of carbonyl (C=O) groups is 3. The predicted octanol–water partition coefficient (Wildman–Crippen LogP) is -1.27. The maximum Gasteiger partial charge on any atom is 0.407 e. The van der Waals surface area contributed by atoms with E-state index in [0.29, 0.717) is 0 Å². The standard InChI is InChI=1S/C18H28N4O8/c1-11-8-21(16(27)20-14(11)25)9-13(24)22(12(10-23)15(26)29-5)7-6-19-17(28)30-18(2,3)4/h8,12,23H,6-7,9-10H2,1-5H3,(H,19,28)(H,20,25,27)/t12-/m0/s1. The number of esters is 1. The van der Waals surface area contributed by atoms with Crippen molar-refractivity contribution in [3.63, 3.8) is 0 Å². The van der Waals surface area contributed by atoms with Crippen molar-refractivity contribution in [3.8, 4) is 0 Å². The maximum atomic E-state index is 12.8. The van der Waals surface area contributed by atoms with E-state index in [2.05, 4.69) is 15.0 Å². The third-order valence-corrected chi connectivity index (χ3v) is 3.86. The Morgan fingerprint density at radius 3 is 2.47 bits per heavy atom. The van der Waals surface area contributed by atoms with E-state index in [1.165, 1.54) is 13.1 Å². The molecule has 0 saturated heterocycles. The van der Waals surface area contributed by atoms with Crippen molar-refractivity contribution < 1.29 is 29.0 Å². The van der Waals surface area contributed by atoms with Gasteiger partial charge in [-0.05, 0) is 27.7 Å². The third kappa shape index (κ3) is 7.35. The number of ether oxygens (including phenoxy) is 2. The SMILES string of the molecule is COC(=O)[C@H](CO)N(CCNC(=O)OC(C)(C)C)C(=O)Cn1cc(C)c(=O)[nH]c1=O. The first-order valence-electron chi connectivity index (χ1n) is 9.15. The molecule has 1 atom stereocenters. The van der Waals surface area contributed by atoms with Crippen LogP contribution in [-0.4, -0.2) is 76.0 Å². The topological polar surface area (TPSA) is 160 Å². The molecule has 0 bridgehead atoms. The number of methoxy groups -OCH3 is 1. The molecule has 0 aliphatic heterocycles. The van der Waals surface area contributed by atoms with Gasteiger partial charge in [-0.1, -0.05) is 0 Å². The number of aliphatic hydroxyl groups excluding tert-OH is 1. The van der Waals surface area contributed by atoms with Gasteiger partial charge in [-0.3, -0.25) is 19.1 Å². The number of amides is 2. The number of alkyl carbamates (subject to hydrolysis) is 1. The summed E-state index contributed by atoms with van der Waals surface area (Å²) in [5, 5.41) is 12.0. The quantitative estimate of drug-likeness (QED) is 0.432. The van der Waals surface area contributed by atoms with Gasteiger partial charge < -0.3 is 24.8 Å². The van der Waals surface area contributed by atoms with Crippen molar-refractivity contribution in [2.45, 2.75) is 45.9 Å². The normalized spacial score (nSPS) is 12.1. The number of nitrogens with one attached hydrogen (secondary N) is 2. The van der Waals surface area contributed by atoms with Crippen molar-refractivity contribution in [2.75, 3.05) is 26.8 Å². The average molecular weight is 428 g/mol. The zero-order valence-electron chi connectivity index (χ0n) is 17.7. The number of aliphatic hydroxyl groups is 1. The molecule has 2 amide bonds. The highest BCUT2D eigenvalue weighted by molar-refractivity contribution is 5.84. The molecule has 1 aromatic heterocycles. The van der Waals surface area contributed by atoms with Gasteiger partial charge >= 0.3 is 17.8 Å². The lowest BCUT2D eigenvalue weighted by Gasteiger charge is -2.29. The van der Waals surface area contributed by atoms with E-state index in [0.717, 1.165) is 16.6 Å². The van der Waals surface area contributed by atoms with E-state index in [9.17, 15) is 29.1 Å². The molecule has 168 valence electrons. The minimum absolute atomic E-state index is 0.0896. The number of aryl methyl sites for hydroxylation is 1. The van der Waals surface area contributed by atoms with Crippen LogP contribution in [0.1, 0.15) is 26.3 Å². The summed E-state index contributed by atoms with van der Waals surface area (Å²) < 4.78 is 10.7. The molecule has 1 rings (SSSR count). The Hall–Kier alpha value is -3.15. The number of aromatic amines is 1. The molecular formula is C18H28N4O8. The minimum atomic E-state index is -1.34. The van der Waals surface area contributed by atoms with E-state index >= 15 is 0 Å². The molecule has 0 spiro atoms. The summed E-state index contributed by atoms with van der Waals surface area (Å²) in [4.78, 5) is 63.1. The molecule has 0 fully saturated rings. The summed E-state index contributed by atoms with van der Waals surface area (Å²) in [6, 6.07) is -1.34. The Balaban J connectivity index is 3.00. The van der Waals surface area contributed by atoms with Gasteiger partial charge in [0.2, 0.25) is 5.91 Å².